The number of carboxylic acids is 1. The van der Waals surface area contributed by atoms with Crippen LogP contribution in [0.5, 0.6) is 0 Å². The van der Waals surface area contributed by atoms with E-state index < -0.39 is 30.1 Å². The molecule has 0 heterocycles. The predicted molar refractivity (Wildman–Crippen MR) is 116 cm³/mol. The van der Waals surface area contributed by atoms with E-state index in [0.29, 0.717) is 0 Å². The van der Waals surface area contributed by atoms with Gasteiger partial charge < -0.3 is 25.4 Å². The quantitative estimate of drug-likeness (QED) is 0.597. The van der Waals surface area contributed by atoms with Crippen molar-refractivity contribution in [2.75, 3.05) is 27.2 Å². The number of nitrogens with zero attached hydrogens (tertiary/aromatic N) is 1. The molecule has 3 N–H and O–H groups in total. The molecule has 0 saturated carbocycles. The molecule has 2 atom stereocenters. The lowest BCUT2D eigenvalue weighted by atomic mass is 9.98. The number of alkyl carbamates (subject to hydrolysis) is 1. The molecule has 1 aliphatic carbocycles. The number of carbonyl (C=O) groups is 3. The number of carboxylic acid groups (broad SMARTS) is 1. The van der Waals surface area contributed by atoms with Crippen molar-refractivity contribution in [3.05, 3.63) is 59.7 Å². The summed E-state index contributed by atoms with van der Waals surface area (Å²) in [5.41, 5.74) is 4.43. The zero-order valence-corrected chi connectivity index (χ0v) is 17.8. The first kappa shape index (κ1) is 22.3. The number of rotatable bonds is 8. The van der Waals surface area contributed by atoms with Gasteiger partial charge >= 0.3 is 12.1 Å². The van der Waals surface area contributed by atoms with Crippen molar-refractivity contribution in [1.29, 1.82) is 0 Å². The molecule has 164 valence electrons. The summed E-state index contributed by atoms with van der Waals surface area (Å²) in [7, 11) is 3.50. The maximum absolute atomic E-state index is 12.5. The zero-order chi connectivity index (χ0) is 22.5. The minimum atomic E-state index is -1.15. The van der Waals surface area contributed by atoms with E-state index in [1.807, 2.05) is 36.4 Å². The fourth-order valence-electron chi connectivity index (χ4n) is 3.72. The minimum absolute atomic E-state index is 0.0914. The Morgan fingerprint density at radius 2 is 1.55 bits per heavy atom. The molecule has 0 spiro atoms. The Morgan fingerprint density at radius 1 is 1.00 bits per heavy atom. The van der Waals surface area contributed by atoms with E-state index >= 15 is 0 Å². The first-order chi connectivity index (χ1) is 14.8. The van der Waals surface area contributed by atoms with Gasteiger partial charge in [0.05, 0.1) is 0 Å². The number of nitrogens with one attached hydrogen (secondary N) is 2. The molecule has 1 aliphatic rings. The van der Waals surface area contributed by atoms with Crippen LogP contribution in [0, 0.1) is 0 Å². The van der Waals surface area contributed by atoms with Crippen molar-refractivity contribution in [2.24, 2.45) is 0 Å². The summed E-state index contributed by atoms with van der Waals surface area (Å²) in [6.07, 6.45) is -0.730. The molecule has 2 aromatic carbocycles. The van der Waals surface area contributed by atoms with Crippen molar-refractivity contribution in [3.63, 3.8) is 0 Å². The Morgan fingerprint density at radius 3 is 2.06 bits per heavy atom. The Kier molecular flexibility index (Phi) is 6.91. The van der Waals surface area contributed by atoms with Crippen molar-refractivity contribution in [2.45, 2.75) is 24.9 Å². The monoisotopic (exact) mass is 425 g/mol. The second-order valence-electron chi connectivity index (χ2n) is 7.85. The van der Waals surface area contributed by atoms with Crippen molar-refractivity contribution >= 4 is 18.0 Å². The minimum Gasteiger partial charge on any atom is -0.480 e. The van der Waals surface area contributed by atoms with Gasteiger partial charge in [-0.25, -0.2) is 4.79 Å². The lowest BCUT2D eigenvalue weighted by Gasteiger charge is -2.23. The summed E-state index contributed by atoms with van der Waals surface area (Å²) in [4.78, 5) is 37.7. The molecule has 8 heteroatoms. The fourth-order valence-corrected chi connectivity index (χ4v) is 3.72. The van der Waals surface area contributed by atoms with E-state index in [2.05, 4.69) is 22.8 Å². The van der Waals surface area contributed by atoms with E-state index in [4.69, 9.17) is 9.84 Å². The number of ether oxygens (including phenoxy) is 1. The van der Waals surface area contributed by atoms with Crippen LogP contribution in [-0.4, -0.2) is 67.3 Å². The van der Waals surface area contributed by atoms with Crippen LogP contribution in [0.25, 0.3) is 11.1 Å². The van der Waals surface area contributed by atoms with E-state index in [1.165, 1.54) is 6.92 Å². The lowest BCUT2D eigenvalue weighted by Crippen LogP contribution is -2.54. The topological polar surface area (TPSA) is 108 Å². The number of aliphatic carboxylic acids is 1. The molecule has 0 aliphatic heterocycles. The average molecular weight is 425 g/mol. The third-order valence-electron chi connectivity index (χ3n) is 5.23. The molecular weight excluding hydrogens is 398 g/mol. The molecule has 0 bridgehead atoms. The highest BCUT2D eigenvalue weighted by molar-refractivity contribution is 5.89. The third kappa shape index (κ3) is 5.21. The molecule has 0 aromatic heterocycles. The van der Waals surface area contributed by atoms with Crippen LogP contribution >= 0.6 is 0 Å². The maximum Gasteiger partial charge on any atom is 0.407 e. The van der Waals surface area contributed by atoms with Crippen LogP contribution in [0.2, 0.25) is 0 Å². The predicted octanol–water partition coefficient (Wildman–Crippen LogP) is 2.04. The maximum atomic E-state index is 12.5. The SMILES string of the molecule is CC(NC(=O)[C@H](CN(C)C)NC(=O)OCC1c2ccccc2-c2ccccc21)C(=O)O. The van der Waals surface area contributed by atoms with Crippen LogP contribution in [0.4, 0.5) is 4.79 Å². The smallest absolute Gasteiger partial charge is 0.407 e. The molecule has 2 aromatic rings. The lowest BCUT2D eigenvalue weighted by molar-refractivity contribution is -0.141. The van der Waals surface area contributed by atoms with E-state index in [9.17, 15) is 14.4 Å². The van der Waals surface area contributed by atoms with Crippen molar-refractivity contribution in [1.82, 2.24) is 15.5 Å². The summed E-state index contributed by atoms with van der Waals surface area (Å²) in [6.45, 7) is 1.68. The van der Waals surface area contributed by atoms with Crippen LogP contribution < -0.4 is 10.6 Å². The molecule has 1 unspecified atom stereocenters. The standard InChI is InChI=1S/C23H27N3O5/c1-14(22(28)29)24-21(27)20(12-26(2)3)25-23(30)31-13-19-17-10-6-4-8-15(17)16-9-5-7-11-18(16)19/h4-11,14,19-20H,12-13H2,1-3H3,(H,24,27)(H,25,30)(H,28,29)/t14?,20-/m0/s1. The number of hydrogen-bond donors (Lipinski definition) is 3. The first-order valence-corrected chi connectivity index (χ1v) is 10.1. The van der Waals surface area contributed by atoms with Gasteiger partial charge in [0.25, 0.3) is 0 Å². The summed E-state index contributed by atoms with van der Waals surface area (Å²) < 4.78 is 5.49. The highest BCUT2D eigenvalue weighted by Gasteiger charge is 2.30. The Bertz CT molecular complexity index is 930. The largest absolute Gasteiger partial charge is 0.480 e. The summed E-state index contributed by atoms with van der Waals surface area (Å²) in [6, 6.07) is 14.0. The molecule has 0 radical (unpaired) electrons. The van der Waals surface area contributed by atoms with E-state index in [-0.39, 0.29) is 19.1 Å². The van der Waals surface area contributed by atoms with E-state index in [0.717, 1.165) is 22.3 Å². The number of fused-ring (bicyclic) bond motifs is 3. The van der Waals surface area contributed by atoms with E-state index in [1.54, 1.807) is 19.0 Å². The van der Waals surface area contributed by atoms with Gasteiger partial charge in [-0.2, -0.15) is 0 Å². The van der Waals surface area contributed by atoms with Crippen LogP contribution in [-0.2, 0) is 14.3 Å². The van der Waals surface area contributed by atoms with Gasteiger partial charge in [-0.3, -0.25) is 9.59 Å². The molecule has 0 fully saturated rings. The fraction of sp³-hybridized carbons (Fsp3) is 0.348. The molecule has 2 amide bonds. The number of hydrogen-bond acceptors (Lipinski definition) is 5. The summed E-state index contributed by atoms with van der Waals surface area (Å²) >= 11 is 0. The van der Waals surface area contributed by atoms with Gasteiger partial charge in [-0.15, -0.1) is 0 Å². The Labute approximate surface area is 181 Å². The molecule has 8 nitrogen and oxygen atoms in total. The third-order valence-corrected chi connectivity index (χ3v) is 5.23. The highest BCUT2D eigenvalue weighted by atomic mass is 16.5. The number of carbonyl (C=O) groups excluding carboxylic acids is 2. The first-order valence-electron chi connectivity index (χ1n) is 10.1. The van der Waals surface area contributed by atoms with Gasteiger partial charge in [0.1, 0.15) is 18.7 Å². The molecule has 3 rings (SSSR count). The van der Waals surface area contributed by atoms with Crippen LogP contribution in [0.15, 0.2) is 48.5 Å². The molecular formula is C23H27N3O5. The second kappa shape index (κ2) is 9.61. The van der Waals surface area contributed by atoms with Gasteiger partial charge in [-0.1, -0.05) is 48.5 Å². The van der Waals surface area contributed by atoms with Gasteiger partial charge in [0.2, 0.25) is 5.91 Å². The van der Waals surface area contributed by atoms with Gasteiger partial charge in [-0.05, 0) is 43.3 Å². The molecule has 0 saturated heterocycles. The average Bonchev–Trinajstić information content (AvgIpc) is 3.05. The summed E-state index contributed by atoms with van der Waals surface area (Å²) in [5.74, 6) is -1.83. The summed E-state index contributed by atoms with van der Waals surface area (Å²) in [5, 5.41) is 13.9. The van der Waals surface area contributed by atoms with Crippen LogP contribution in [0.1, 0.15) is 24.0 Å². The highest BCUT2D eigenvalue weighted by Crippen LogP contribution is 2.44. The van der Waals surface area contributed by atoms with Crippen LogP contribution in [0.3, 0.4) is 0 Å². The Balaban J connectivity index is 1.66. The van der Waals surface area contributed by atoms with Gasteiger partial charge in [0.15, 0.2) is 0 Å². The number of amides is 2. The van der Waals surface area contributed by atoms with Crippen molar-refractivity contribution in [3.8, 4) is 11.1 Å². The zero-order valence-electron chi connectivity index (χ0n) is 17.8. The molecule has 31 heavy (non-hydrogen) atoms. The number of benzene rings is 2. The van der Waals surface area contributed by atoms with Gasteiger partial charge in [0, 0.05) is 12.5 Å². The Hall–Kier alpha value is -3.39. The number of likely N-dealkylation sites (N-methyl/N-ethyl adjacent to an activating group) is 1. The second-order valence-corrected chi connectivity index (χ2v) is 7.85. The normalized spacial score (nSPS) is 14.3. The van der Waals surface area contributed by atoms with Crippen molar-refractivity contribution < 1.29 is 24.2 Å².